The molecule has 0 aliphatic heterocycles. The van der Waals surface area contributed by atoms with Crippen LogP contribution < -0.4 is 20.1 Å². The number of ether oxygens (including phenoxy) is 2. The molecule has 1 fully saturated rings. The largest absolute Gasteiger partial charge is 0.497 e. The summed E-state index contributed by atoms with van der Waals surface area (Å²) in [4.78, 5) is 31.2. The molecule has 1 amide bonds. The highest BCUT2D eigenvalue weighted by Gasteiger charge is 2.22. The van der Waals surface area contributed by atoms with Crippen molar-refractivity contribution in [3.63, 3.8) is 0 Å². The Morgan fingerprint density at radius 1 is 0.958 bits per heavy atom. The number of methoxy groups -OCH3 is 1. The van der Waals surface area contributed by atoms with Crippen molar-refractivity contribution in [2.45, 2.75) is 51.6 Å². The number of para-hydroxylation sites is 1. The van der Waals surface area contributed by atoms with Crippen LogP contribution in [-0.2, 0) is 11.3 Å². The number of thiazole rings is 1. The average molecular weight is 665 g/mol. The lowest BCUT2D eigenvalue weighted by molar-refractivity contribution is -0.134. The van der Waals surface area contributed by atoms with Gasteiger partial charge in [0.15, 0.2) is 16.6 Å². The summed E-state index contributed by atoms with van der Waals surface area (Å²) in [6.07, 6.45) is 7.67. The van der Waals surface area contributed by atoms with Crippen LogP contribution in [0.3, 0.4) is 0 Å². The molecule has 3 aromatic heterocycles. The van der Waals surface area contributed by atoms with Crippen molar-refractivity contribution in [2.24, 2.45) is 0 Å². The Bertz CT molecular complexity index is 1980. The smallest absolute Gasteiger partial charge is 0.300 e. The summed E-state index contributed by atoms with van der Waals surface area (Å²) in [5.41, 5.74) is 3.21. The van der Waals surface area contributed by atoms with E-state index in [1.54, 1.807) is 37.6 Å². The molecule has 0 bridgehead atoms. The van der Waals surface area contributed by atoms with Gasteiger partial charge in [-0.05, 0) is 66.9 Å². The van der Waals surface area contributed by atoms with Gasteiger partial charge in [0.1, 0.15) is 22.6 Å². The van der Waals surface area contributed by atoms with E-state index in [1.807, 2.05) is 59.3 Å². The monoisotopic (exact) mass is 664 g/mol. The van der Waals surface area contributed by atoms with E-state index in [9.17, 15) is 4.79 Å². The van der Waals surface area contributed by atoms with Crippen molar-refractivity contribution in [3.05, 3.63) is 96.2 Å². The predicted molar refractivity (Wildman–Crippen MR) is 188 cm³/mol. The third-order valence-electron chi connectivity index (χ3n) is 7.89. The first-order valence-corrected chi connectivity index (χ1v) is 16.6. The second-order valence-electron chi connectivity index (χ2n) is 11.4. The zero-order valence-corrected chi connectivity index (χ0v) is 27.5. The molecule has 48 heavy (non-hydrogen) atoms. The first-order chi connectivity index (χ1) is 23.4. The molecule has 0 spiro atoms. The van der Waals surface area contributed by atoms with Gasteiger partial charge in [0, 0.05) is 30.8 Å². The summed E-state index contributed by atoms with van der Waals surface area (Å²) in [6, 6.07) is 25.1. The normalized spacial score (nSPS) is 13.0. The minimum absolute atomic E-state index is 0.222. The molecule has 3 aromatic carbocycles. The number of hydrogen-bond donors (Lipinski definition) is 3. The fraction of sp³-hybridized carbons (Fsp3) is 0.250. The number of fused-ring (bicyclic) bond motifs is 2. The quantitative estimate of drug-likeness (QED) is 0.140. The summed E-state index contributed by atoms with van der Waals surface area (Å²) < 4.78 is 14.7. The Labute approximate surface area is 281 Å². The molecule has 12 heteroatoms. The Kier molecular flexibility index (Phi) is 10.1. The van der Waals surface area contributed by atoms with Gasteiger partial charge < -0.3 is 19.9 Å². The van der Waals surface area contributed by atoms with Crippen molar-refractivity contribution in [3.8, 4) is 17.2 Å². The van der Waals surface area contributed by atoms with Crippen molar-refractivity contribution in [2.75, 3.05) is 17.7 Å². The average Bonchev–Trinajstić information content (AvgIpc) is 3.66. The lowest BCUT2D eigenvalue weighted by Gasteiger charge is -2.22. The maximum absolute atomic E-state index is 12.9. The van der Waals surface area contributed by atoms with Gasteiger partial charge in [-0.2, -0.15) is 5.10 Å². The highest BCUT2D eigenvalue weighted by atomic mass is 32.1. The second-order valence-corrected chi connectivity index (χ2v) is 12.5. The van der Waals surface area contributed by atoms with E-state index in [2.05, 4.69) is 15.6 Å². The number of anilines is 2. The molecule has 6 aromatic rings. The maximum atomic E-state index is 12.9. The van der Waals surface area contributed by atoms with Gasteiger partial charge in [-0.25, -0.2) is 14.6 Å². The Balaban J connectivity index is 0.000000952. The molecule has 1 aliphatic rings. The van der Waals surface area contributed by atoms with Crippen LogP contribution in [0, 0.1) is 0 Å². The number of aromatic nitrogens is 4. The number of carbonyl (C=O) groups is 2. The van der Waals surface area contributed by atoms with Crippen LogP contribution in [0.2, 0.25) is 0 Å². The van der Waals surface area contributed by atoms with Crippen LogP contribution in [0.25, 0.3) is 21.3 Å². The zero-order chi connectivity index (χ0) is 33.5. The van der Waals surface area contributed by atoms with Crippen LogP contribution >= 0.6 is 11.3 Å². The van der Waals surface area contributed by atoms with Crippen molar-refractivity contribution >= 4 is 55.4 Å². The highest BCUT2D eigenvalue weighted by molar-refractivity contribution is 7.22. The second kappa shape index (κ2) is 14.9. The van der Waals surface area contributed by atoms with Crippen LogP contribution in [-0.4, -0.2) is 49.9 Å². The molecule has 3 N–H and O–H groups in total. The van der Waals surface area contributed by atoms with E-state index >= 15 is 0 Å². The van der Waals surface area contributed by atoms with Gasteiger partial charge in [0.25, 0.3) is 11.9 Å². The molecule has 1 aliphatic carbocycles. The highest BCUT2D eigenvalue weighted by Crippen LogP contribution is 2.36. The van der Waals surface area contributed by atoms with Gasteiger partial charge in [0.2, 0.25) is 0 Å². The summed E-state index contributed by atoms with van der Waals surface area (Å²) >= 11 is 1.45. The Morgan fingerprint density at radius 3 is 2.38 bits per heavy atom. The van der Waals surface area contributed by atoms with Gasteiger partial charge in [0.05, 0.1) is 23.9 Å². The lowest BCUT2D eigenvalue weighted by Crippen LogP contribution is -2.22. The third kappa shape index (κ3) is 7.89. The fourth-order valence-corrected chi connectivity index (χ4v) is 6.47. The van der Waals surface area contributed by atoms with Crippen molar-refractivity contribution in [1.29, 1.82) is 0 Å². The lowest BCUT2D eigenvalue weighted by atomic mass is 9.95. The number of aliphatic carboxylic acids is 1. The van der Waals surface area contributed by atoms with E-state index in [0.717, 1.165) is 58.1 Å². The van der Waals surface area contributed by atoms with E-state index in [4.69, 9.17) is 29.5 Å². The van der Waals surface area contributed by atoms with Crippen LogP contribution in [0.5, 0.6) is 17.2 Å². The Morgan fingerprint density at radius 2 is 1.67 bits per heavy atom. The summed E-state index contributed by atoms with van der Waals surface area (Å²) in [5, 5.41) is 20.4. The number of hydrogen-bond acceptors (Lipinski definition) is 9. The summed E-state index contributed by atoms with van der Waals surface area (Å²) in [7, 11) is 1.66. The van der Waals surface area contributed by atoms with Gasteiger partial charge in [-0.3, -0.25) is 14.9 Å². The number of amides is 1. The fourth-order valence-electron chi connectivity index (χ4n) is 5.61. The molecule has 3 heterocycles. The topological polar surface area (TPSA) is 140 Å². The van der Waals surface area contributed by atoms with Crippen LogP contribution in [0.15, 0.2) is 85.1 Å². The number of pyridine rings is 1. The third-order valence-corrected chi connectivity index (χ3v) is 8.84. The number of carboxylic acids is 1. The van der Waals surface area contributed by atoms with Gasteiger partial charge >= 0.3 is 0 Å². The molecule has 7 rings (SSSR count). The molecular weight excluding hydrogens is 629 g/mol. The number of nitrogens with one attached hydrogen (secondary N) is 2. The van der Waals surface area contributed by atoms with E-state index in [0.29, 0.717) is 34.8 Å². The number of nitrogens with zero attached hydrogens (tertiary/aromatic N) is 4. The van der Waals surface area contributed by atoms with Crippen molar-refractivity contribution < 1.29 is 24.2 Å². The van der Waals surface area contributed by atoms with Crippen molar-refractivity contribution in [1.82, 2.24) is 19.7 Å². The molecule has 11 nitrogen and oxygen atoms in total. The number of carboxylic acid groups (broad SMARTS) is 1. The van der Waals surface area contributed by atoms with Crippen LogP contribution in [0.1, 0.15) is 54.9 Å². The zero-order valence-electron chi connectivity index (χ0n) is 26.7. The molecule has 0 atom stereocenters. The number of benzene rings is 3. The first kappa shape index (κ1) is 32.5. The van der Waals surface area contributed by atoms with E-state index < -0.39 is 5.97 Å². The number of carbonyl (C=O) groups excluding carboxylic acids is 1. The molecule has 0 unspecified atom stereocenters. The Hall–Kier alpha value is -5.49. The van der Waals surface area contributed by atoms with E-state index in [-0.39, 0.29) is 5.91 Å². The number of rotatable bonds is 9. The minimum atomic E-state index is -0.833. The van der Waals surface area contributed by atoms with Gasteiger partial charge in [-0.1, -0.05) is 54.9 Å². The molecular formula is C36H36N6O5S. The SMILES string of the molecule is CC(=O)O.COc1ccc(Cn2nc(NC3CCCCC3)c3c(Oc4ccc(C(=O)Nc5nc6ccccc6s5)cc4)ccnc32)cc1. The standard InChI is InChI=1S/C34H32N6O3S.C2H4O2/c1-42-25-15-11-22(12-16-25)21-40-32-30(31(39-40)36-24-7-3-2-4-8-24)28(19-20-35-32)43-26-17-13-23(14-18-26)33(41)38-34-37-27-9-5-6-10-29(27)44-34;1-2(3)4/h5-6,9-20,24H,2-4,7-8,21H2,1H3,(H,36,39)(H,37,38,41);1H3,(H,3,4). The minimum Gasteiger partial charge on any atom is -0.497 e. The maximum Gasteiger partial charge on any atom is 0.300 e. The first-order valence-electron chi connectivity index (χ1n) is 15.8. The van der Waals surface area contributed by atoms with Gasteiger partial charge in [-0.15, -0.1) is 0 Å². The molecule has 0 radical (unpaired) electrons. The van der Waals surface area contributed by atoms with Crippen LogP contribution in [0.4, 0.5) is 10.9 Å². The molecule has 246 valence electrons. The summed E-state index contributed by atoms with van der Waals surface area (Å²) in [5.74, 6) is 1.80. The van der Waals surface area contributed by atoms with E-state index in [1.165, 1.54) is 30.6 Å². The molecule has 1 saturated carbocycles. The summed E-state index contributed by atoms with van der Waals surface area (Å²) in [6.45, 7) is 1.64. The predicted octanol–water partition coefficient (Wildman–Crippen LogP) is 7.98. The molecule has 0 saturated heterocycles.